The number of hydrogen-bond donors (Lipinski definition) is 2. The molecule has 0 spiro atoms. The summed E-state index contributed by atoms with van der Waals surface area (Å²) in [6.07, 6.45) is 2.42. The number of amides is 1. The highest BCUT2D eigenvalue weighted by atomic mass is 16.4. The Balaban J connectivity index is 1.70. The van der Waals surface area contributed by atoms with Crippen molar-refractivity contribution in [3.8, 4) is 0 Å². The van der Waals surface area contributed by atoms with Crippen molar-refractivity contribution in [3.05, 3.63) is 59.7 Å². The monoisotopic (exact) mass is 310 g/mol. The molecule has 118 valence electrons. The number of carboxylic acids is 1. The fraction of sp³-hybridized carbons (Fsp3) is 0.222. The molecule has 0 aliphatic carbocycles. The van der Waals surface area contributed by atoms with Gasteiger partial charge in [0.1, 0.15) is 0 Å². The van der Waals surface area contributed by atoms with E-state index in [2.05, 4.69) is 10.2 Å². The number of rotatable bonds is 4. The topological polar surface area (TPSA) is 69.6 Å². The minimum absolute atomic E-state index is 0.146. The Morgan fingerprint density at radius 2 is 1.65 bits per heavy atom. The van der Waals surface area contributed by atoms with Gasteiger partial charge in [-0.25, -0.2) is 4.79 Å². The molecule has 0 atom stereocenters. The van der Waals surface area contributed by atoms with E-state index >= 15 is 0 Å². The van der Waals surface area contributed by atoms with Gasteiger partial charge in [0.25, 0.3) is 5.91 Å². The Labute approximate surface area is 134 Å². The summed E-state index contributed by atoms with van der Waals surface area (Å²) in [6, 6.07) is 13.7. The summed E-state index contributed by atoms with van der Waals surface area (Å²) >= 11 is 0. The van der Waals surface area contributed by atoms with Gasteiger partial charge in [-0.3, -0.25) is 4.79 Å². The minimum Gasteiger partial charge on any atom is -0.478 e. The van der Waals surface area contributed by atoms with E-state index in [1.807, 2.05) is 12.1 Å². The largest absolute Gasteiger partial charge is 0.478 e. The molecule has 23 heavy (non-hydrogen) atoms. The average molecular weight is 310 g/mol. The molecule has 1 saturated heterocycles. The van der Waals surface area contributed by atoms with Gasteiger partial charge in [-0.05, 0) is 55.3 Å². The second-order valence-electron chi connectivity index (χ2n) is 5.58. The third-order valence-electron chi connectivity index (χ3n) is 3.97. The molecule has 0 unspecified atom stereocenters. The number of benzene rings is 2. The van der Waals surface area contributed by atoms with Crippen molar-refractivity contribution in [1.82, 2.24) is 0 Å². The zero-order valence-electron chi connectivity index (χ0n) is 12.7. The van der Waals surface area contributed by atoms with E-state index in [1.54, 1.807) is 24.3 Å². The van der Waals surface area contributed by atoms with Crippen LogP contribution in [0.4, 0.5) is 11.4 Å². The lowest BCUT2D eigenvalue weighted by atomic mass is 10.1. The summed E-state index contributed by atoms with van der Waals surface area (Å²) in [7, 11) is 0. The second kappa shape index (κ2) is 6.52. The van der Waals surface area contributed by atoms with Crippen LogP contribution in [0.25, 0.3) is 0 Å². The van der Waals surface area contributed by atoms with Gasteiger partial charge in [-0.15, -0.1) is 0 Å². The fourth-order valence-electron chi connectivity index (χ4n) is 2.73. The molecule has 2 N–H and O–H groups in total. The second-order valence-corrected chi connectivity index (χ2v) is 5.58. The summed E-state index contributed by atoms with van der Waals surface area (Å²) < 4.78 is 0. The van der Waals surface area contributed by atoms with Gasteiger partial charge < -0.3 is 15.3 Å². The lowest BCUT2D eigenvalue weighted by Gasteiger charge is -2.17. The van der Waals surface area contributed by atoms with Gasteiger partial charge in [0.2, 0.25) is 0 Å². The number of aromatic carboxylic acids is 1. The van der Waals surface area contributed by atoms with E-state index in [9.17, 15) is 9.59 Å². The number of nitrogens with zero attached hydrogens (tertiary/aromatic N) is 1. The fourth-order valence-corrected chi connectivity index (χ4v) is 2.73. The maximum atomic E-state index is 12.3. The van der Waals surface area contributed by atoms with Crippen LogP contribution < -0.4 is 10.2 Å². The number of anilines is 2. The number of nitrogens with one attached hydrogen (secondary N) is 1. The Bertz CT molecular complexity index is 719. The molecule has 1 fully saturated rings. The van der Waals surface area contributed by atoms with Gasteiger partial charge in [0.05, 0.1) is 5.56 Å². The summed E-state index contributed by atoms with van der Waals surface area (Å²) in [5, 5.41) is 11.7. The Kier molecular flexibility index (Phi) is 4.28. The molecule has 1 heterocycles. The van der Waals surface area contributed by atoms with Gasteiger partial charge >= 0.3 is 5.97 Å². The molecule has 0 saturated carbocycles. The first kappa shape index (κ1) is 15.1. The van der Waals surface area contributed by atoms with Crippen LogP contribution in [0.1, 0.15) is 33.6 Å². The predicted octanol–water partition coefficient (Wildman–Crippen LogP) is 3.24. The number of carbonyl (C=O) groups excluding carboxylic acids is 1. The van der Waals surface area contributed by atoms with Crippen molar-refractivity contribution in [2.24, 2.45) is 0 Å². The Hall–Kier alpha value is -2.82. The van der Waals surface area contributed by atoms with Gasteiger partial charge in [0, 0.05) is 30.0 Å². The third-order valence-corrected chi connectivity index (χ3v) is 3.97. The average Bonchev–Trinajstić information content (AvgIpc) is 3.09. The summed E-state index contributed by atoms with van der Waals surface area (Å²) in [6.45, 7) is 2.13. The zero-order chi connectivity index (χ0) is 16.2. The highest BCUT2D eigenvalue weighted by Gasteiger charge is 2.13. The quantitative estimate of drug-likeness (QED) is 0.909. The third kappa shape index (κ3) is 3.51. The molecule has 0 aromatic heterocycles. The number of hydrogen-bond acceptors (Lipinski definition) is 3. The molecule has 5 heteroatoms. The number of carboxylic acid groups (broad SMARTS) is 1. The van der Waals surface area contributed by atoms with Crippen LogP contribution in [-0.2, 0) is 0 Å². The van der Waals surface area contributed by atoms with Crippen molar-refractivity contribution in [1.29, 1.82) is 0 Å². The predicted molar refractivity (Wildman–Crippen MR) is 89.2 cm³/mol. The Morgan fingerprint density at radius 3 is 2.30 bits per heavy atom. The zero-order valence-corrected chi connectivity index (χ0v) is 12.7. The van der Waals surface area contributed by atoms with E-state index in [4.69, 9.17) is 5.11 Å². The van der Waals surface area contributed by atoms with E-state index in [0.717, 1.165) is 18.8 Å². The summed E-state index contributed by atoms with van der Waals surface area (Å²) in [5.41, 5.74) is 2.30. The first-order chi connectivity index (χ1) is 11.1. The normalized spacial score (nSPS) is 13.8. The van der Waals surface area contributed by atoms with Crippen LogP contribution in [0, 0.1) is 0 Å². The molecule has 0 bridgehead atoms. The van der Waals surface area contributed by atoms with Gasteiger partial charge in [-0.1, -0.05) is 6.07 Å². The molecule has 2 aromatic carbocycles. The molecule has 0 radical (unpaired) electrons. The lowest BCUT2D eigenvalue weighted by molar-refractivity contribution is 0.0696. The lowest BCUT2D eigenvalue weighted by Crippen LogP contribution is -2.18. The van der Waals surface area contributed by atoms with Gasteiger partial charge in [0.15, 0.2) is 0 Å². The van der Waals surface area contributed by atoms with Crippen LogP contribution in [0.2, 0.25) is 0 Å². The van der Waals surface area contributed by atoms with E-state index in [0.29, 0.717) is 11.3 Å². The van der Waals surface area contributed by atoms with Crippen molar-refractivity contribution in [2.45, 2.75) is 12.8 Å². The van der Waals surface area contributed by atoms with Crippen LogP contribution in [0.15, 0.2) is 48.5 Å². The van der Waals surface area contributed by atoms with Crippen LogP contribution in [-0.4, -0.2) is 30.1 Å². The smallest absolute Gasteiger partial charge is 0.335 e. The van der Waals surface area contributed by atoms with Crippen molar-refractivity contribution >= 4 is 23.3 Å². The van der Waals surface area contributed by atoms with E-state index < -0.39 is 5.97 Å². The molecular formula is C18H18N2O3. The summed E-state index contributed by atoms with van der Waals surface area (Å²) in [5.74, 6) is -1.27. The molecule has 1 aliphatic rings. The standard InChI is InChI=1S/C18H18N2O3/c21-17(19-15-5-3-4-14(12-15)18(22)23)13-6-8-16(9-7-13)20-10-1-2-11-20/h3-9,12H,1-2,10-11H2,(H,19,21)(H,22,23). The highest BCUT2D eigenvalue weighted by molar-refractivity contribution is 6.05. The molecule has 5 nitrogen and oxygen atoms in total. The van der Waals surface area contributed by atoms with Crippen molar-refractivity contribution < 1.29 is 14.7 Å². The first-order valence-electron chi connectivity index (χ1n) is 7.63. The van der Waals surface area contributed by atoms with Crippen LogP contribution in [0.3, 0.4) is 0 Å². The molecular weight excluding hydrogens is 292 g/mol. The number of carbonyl (C=O) groups is 2. The van der Waals surface area contributed by atoms with E-state index in [-0.39, 0.29) is 11.5 Å². The van der Waals surface area contributed by atoms with Gasteiger partial charge in [-0.2, -0.15) is 0 Å². The van der Waals surface area contributed by atoms with Crippen molar-refractivity contribution in [2.75, 3.05) is 23.3 Å². The highest BCUT2D eigenvalue weighted by Crippen LogP contribution is 2.21. The maximum absolute atomic E-state index is 12.3. The Morgan fingerprint density at radius 1 is 0.957 bits per heavy atom. The summed E-state index contributed by atoms with van der Waals surface area (Å²) in [4.78, 5) is 25.5. The van der Waals surface area contributed by atoms with Crippen LogP contribution >= 0.6 is 0 Å². The molecule has 1 aliphatic heterocycles. The maximum Gasteiger partial charge on any atom is 0.335 e. The SMILES string of the molecule is O=C(O)c1cccc(NC(=O)c2ccc(N3CCCC3)cc2)c1. The molecule has 2 aromatic rings. The first-order valence-corrected chi connectivity index (χ1v) is 7.63. The molecule has 1 amide bonds. The van der Waals surface area contributed by atoms with Crippen molar-refractivity contribution in [3.63, 3.8) is 0 Å². The molecule has 3 rings (SSSR count). The van der Waals surface area contributed by atoms with E-state index in [1.165, 1.54) is 25.0 Å². The van der Waals surface area contributed by atoms with Crippen LogP contribution in [0.5, 0.6) is 0 Å². The minimum atomic E-state index is -1.02.